The number of halogens is 2. The van der Waals surface area contributed by atoms with Gasteiger partial charge in [0.15, 0.2) is 6.29 Å². The Labute approximate surface area is 197 Å². The number of nitrogens with zero attached hydrogens (tertiary/aromatic N) is 2. The van der Waals surface area contributed by atoms with Gasteiger partial charge in [-0.3, -0.25) is 4.79 Å². The summed E-state index contributed by atoms with van der Waals surface area (Å²) in [5.74, 6) is 0.747. The number of carbonyl (C=O) groups is 1. The van der Waals surface area contributed by atoms with E-state index >= 15 is 0 Å². The minimum absolute atomic E-state index is 0.00241. The lowest BCUT2D eigenvalue weighted by Gasteiger charge is -2.24. The third-order valence-corrected chi connectivity index (χ3v) is 6.15. The van der Waals surface area contributed by atoms with Crippen LogP contribution in [-0.4, -0.2) is 47.8 Å². The van der Waals surface area contributed by atoms with Crippen molar-refractivity contribution in [3.8, 4) is 0 Å². The van der Waals surface area contributed by atoms with Gasteiger partial charge in [0.05, 0.1) is 43.0 Å². The van der Waals surface area contributed by atoms with Crippen molar-refractivity contribution in [2.75, 3.05) is 31.7 Å². The molecular formula is C24H30F2N4O4. The fourth-order valence-corrected chi connectivity index (χ4v) is 4.29. The normalized spacial score (nSPS) is 20.8. The first-order valence-electron chi connectivity index (χ1n) is 11.4. The third kappa shape index (κ3) is 5.51. The van der Waals surface area contributed by atoms with Crippen molar-refractivity contribution in [2.24, 2.45) is 0 Å². The van der Waals surface area contributed by atoms with E-state index < -0.39 is 18.3 Å². The number of hydrogen-bond acceptors (Lipinski definition) is 7. The van der Waals surface area contributed by atoms with E-state index in [9.17, 15) is 13.6 Å². The van der Waals surface area contributed by atoms with Gasteiger partial charge in [-0.1, -0.05) is 18.2 Å². The van der Waals surface area contributed by atoms with Crippen LogP contribution in [0.15, 0.2) is 18.2 Å². The van der Waals surface area contributed by atoms with Crippen molar-refractivity contribution in [2.45, 2.75) is 58.4 Å². The first kappa shape index (κ1) is 24.4. The summed E-state index contributed by atoms with van der Waals surface area (Å²) >= 11 is 0. The molecule has 0 spiro atoms. The Morgan fingerprint density at radius 1 is 1.21 bits per heavy atom. The van der Waals surface area contributed by atoms with Crippen LogP contribution in [0.2, 0.25) is 0 Å². The van der Waals surface area contributed by atoms with Crippen LogP contribution in [0, 0.1) is 13.8 Å². The summed E-state index contributed by atoms with van der Waals surface area (Å²) in [6.45, 7) is 7.53. The van der Waals surface area contributed by atoms with Crippen molar-refractivity contribution < 1.29 is 27.8 Å². The second-order valence-electron chi connectivity index (χ2n) is 8.93. The van der Waals surface area contributed by atoms with E-state index in [1.807, 2.05) is 6.92 Å². The maximum Gasteiger partial charge on any atom is 0.264 e. The Balaban J connectivity index is 1.60. The van der Waals surface area contributed by atoms with E-state index in [4.69, 9.17) is 14.2 Å². The second kappa shape index (κ2) is 10.3. The van der Waals surface area contributed by atoms with E-state index in [-0.39, 0.29) is 24.4 Å². The van der Waals surface area contributed by atoms with Gasteiger partial charge in [-0.2, -0.15) is 0 Å². The standard InChI is InChI=1S/C24H30F2N4O4/c1-14-16(5-4-6-17(14)21(25)26)12-27-22-20(23-33-9-10-34-23)18(28-15(2)29-22)11-19(31)30-24(3)7-8-32-13-24/h4-6,21,23H,7-13H2,1-3H3,(H,30,31)(H,27,28,29). The van der Waals surface area contributed by atoms with Crippen LogP contribution in [0.5, 0.6) is 0 Å². The number of carbonyl (C=O) groups excluding carboxylic acids is 1. The van der Waals surface area contributed by atoms with Crippen LogP contribution in [-0.2, 0) is 32.0 Å². The molecule has 1 unspecified atom stereocenters. The summed E-state index contributed by atoms with van der Waals surface area (Å²) in [6.07, 6.45) is -2.50. The maximum absolute atomic E-state index is 13.3. The summed E-state index contributed by atoms with van der Waals surface area (Å²) in [6, 6.07) is 4.84. The first-order valence-corrected chi connectivity index (χ1v) is 11.4. The average molecular weight is 477 g/mol. The highest BCUT2D eigenvalue weighted by molar-refractivity contribution is 5.79. The van der Waals surface area contributed by atoms with Crippen LogP contribution in [0.1, 0.15) is 59.8 Å². The first-order chi connectivity index (χ1) is 16.3. The predicted octanol–water partition coefficient (Wildman–Crippen LogP) is 3.53. The van der Waals surface area contributed by atoms with E-state index in [0.29, 0.717) is 54.9 Å². The van der Waals surface area contributed by atoms with Crippen LogP contribution < -0.4 is 10.6 Å². The molecule has 2 aromatic rings. The Bertz CT molecular complexity index is 1040. The SMILES string of the molecule is Cc1nc(CC(=O)NC2(C)CCOC2)c(C2OCCO2)c(NCc2cccc(C(F)F)c2C)n1. The van der Waals surface area contributed by atoms with Gasteiger partial charge in [-0.05, 0) is 38.3 Å². The highest BCUT2D eigenvalue weighted by Gasteiger charge is 2.33. The smallest absolute Gasteiger partial charge is 0.264 e. The van der Waals surface area contributed by atoms with Crippen LogP contribution in [0.25, 0.3) is 0 Å². The largest absolute Gasteiger partial charge is 0.379 e. The molecular weight excluding hydrogens is 446 g/mol. The molecule has 1 atom stereocenters. The number of hydrogen-bond donors (Lipinski definition) is 2. The molecule has 184 valence electrons. The van der Waals surface area contributed by atoms with Gasteiger partial charge >= 0.3 is 0 Å². The summed E-state index contributed by atoms with van der Waals surface area (Å²) in [5, 5.41) is 6.29. The molecule has 34 heavy (non-hydrogen) atoms. The number of amides is 1. The Hall–Kier alpha value is -2.69. The number of nitrogens with one attached hydrogen (secondary N) is 2. The van der Waals surface area contributed by atoms with Gasteiger partial charge in [0, 0.05) is 18.7 Å². The molecule has 2 N–H and O–H groups in total. The number of ether oxygens (including phenoxy) is 3. The fourth-order valence-electron chi connectivity index (χ4n) is 4.29. The molecule has 0 saturated carbocycles. The van der Waals surface area contributed by atoms with Gasteiger partial charge < -0.3 is 24.8 Å². The molecule has 2 aliphatic heterocycles. The Morgan fingerprint density at radius 2 is 1.97 bits per heavy atom. The minimum atomic E-state index is -2.55. The van der Waals surface area contributed by atoms with E-state index in [2.05, 4.69) is 20.6 Å². The summed E-state index contributed by atoms with van der Waals surface area (Å²) < 4.78 is 43.5. The number of anilines is 1. The predicted molar refractivity (Wildman–Crippen MR) is 121 cm³/mol. The lowest BCUT2D eigenvalue weighted by atomic mass is 10.0. The minimum Gasteiger partial charge on any atom is -0.379 e. The van der Waals surface area contributed by atoms with Crippen molar-refractivity contribution in [1.82, 2.24) is 15.3 Å². The average Bonchev–Trinajstić information content (AvgIpc) is 3.44. The molecule has 3 heterocycles. The zero-order valence-electron chi connectivity index (χ0n) is 19.6. The van der Waals surface area contributed by atoms with Gasteiger partial charge in [0.2, 0.25) is 5.91 Å². The molecule has 0 bridgehead atoms. The number of aromatic nitrogens is 2. The molecule has 8 nitrogen and oxygen atoms in total. The van der Waals surface area contributed by atoms with E-state index in [1.54, 1.807) is 26.0 Å². The summed E-state index contributed by atoms with van der Waals surface area (Å²) in [5.41, 5.74) is 1.89. The van der Waals surface area contributed by atoms with Gasteiger partial charge in [0.1, 0.15) is 11.6 Å². The van der Waals surface area contributed by atoms with Crippen molar-refractivity contribution in [3.05, 3.63) is 52.0 Å². The molecule has 1 amide bonds. The highest BCUT2D eigenvalue weighted by Crippen LogP contribution is 2.32. The molecule has 2 aliphatic rings. The highest BCUT2D eigenvalue weighted by atomic mass is 19.3. The maximum atomic E-state index is 13.3. The molecule has 2 fully saturated rings. The van der Waals surface area contributed by atoms with Gasteiger partial charge in [-0.15, -0.1) is 0 Å². The lowest BCUT2D eigenvalue weighted by Crippen LogP contribution is -2.47. The lowest BCUT2D eigenvalue weighted by molar-refractivity contribution is -0.122. The summed E-state index contributed by atoms with van der Waals surface area (Å²) in [7, 11) is 0. The Morgan fingerprint density at radius 3 is 2.65 bits per heavy atom. The van der Waals surface area contributed by atoms with Gasteiger partial charge in [0.25, 0.3) is 6.43 Å². The van der Waals surface area contributed by atoms with Crippen LogP contribution in [0.4, 0.5) is 14.6 Å². The zero-order chi connectivity index (χ0) is 24.3. The van der Waals surface area contributed by atoms with Crippen molar-refractivity contribution in [3.63, 3.8) is 0 Å². The van der Waals surface area contributed by atoms with Crippen LogP contribution >= 0.6 is 0 Å². The second-order valence-corrected chi connectivity index (χ2v) is 8.93. The fraction of sp³-hybridized carbons (Fsp3) is 0.542. The van der Waals surface area contributed by atoms with E-state index in [1.165, 1.54) is 6.07 Å². The molecule has 10 heteroatoms. The Kier molecular flexibility index (Phi) is 7.39. The number of benzene rings is 1. The molecule has 0 radical (unpaired) electrons. The topological polar surface area (TPSA) is 94.6 Å². The summed E-state index contributed by atoms with van der Waals surface area (Å²) in [4.78, 5) is 21.9. The number of rotatable bonds is 8. The molecule has 1 aromatic heterocycles. The van der Waals surface area contributed by atoms with Crippen molar-refractivity contribution in [1.29, 1.82) is 0 Å². The molecule has 4 rings (SSSR count). The van der Waals surface area contributed by atoms with Gasteiger partial charge in [-0.25, -0.2) is 18.7 Å². The monoisotopic (exact) mass is 476 g/mol. The third-order valence-electron chi connectivity index (χ3n) is 6.15. The number of aryl methyl sites for hydroxylation is 1. The van der Waals surface area contributed by atoms with Crippen molar-refractivity contribution >= 4 is 11.7 Å². The zero-order valence-corrected chi connectivity index (χ0v) is 19.6. The van der Waals surface area contributed by atoms with E-state index in [0.717, 1.165) is 12.0 Å². The van der Waals surface area contributed by atoms with Crippen LogP contribution in [0.3, 0.4) is 0 Å². The molecule has 2 saturated heterocycles. The molecule has 1 aromatic carbocycles. The quantitative estimate of drug-likeness (QED) is 0.602. The molecule has 0 aliphatic carbocycles. The number of alkyl halides is 2.